The molecule has 1 aromatic carbocycles. The summed E-state index contributed by atoms with van der Waals surface area (Å²) in [7, 11) is 2.11. The normalized spacial score (nSPS) is 10.9. The highest BCUT2D eigenvalue weighted by Gasteiger charge is 2.07. The highest BCUT2D eigenvalue weighted by atomic mass is 79.9. The number of aryl methyl sites for hydroxylation is 1. The van der Waals surface area contributed by atoms with Crippen LogP contribution in [0.25, 0.3) is 0 Å². The Kier molecular flexibility index (Phi) is 6.00. The molecule has 0 fully saturated rings. The van der Waals surface area contributed by atoms with Crippen LogP contribution < -0.4 is 4.90 Å². The van der Waals surface area contributed by atoms with Crippen molar-refractivity contribution in [3.05, 3.63) is 29.3 Å². The van der Waals surface area contributed by atoms with Crippen LogP contribution in [0.1, 0.15) is 25.0 Å². The molecule has 0 N–H and O–H groups in total. The quantitative estimate of drug-likeness (QED) is 0.742. The van der Waals surface area contributed by atoms with Gasteiger partial charge in [0.05, 0.1) is 12.7 Å². The molecule has 0 aliphatic heterocycles. The lowest BCUT2D eigenvalue weighted by Crippen LogP contribution is -2.24. The van der Waals surface area contributed by atoms with E-state index in [-0.39, 0.29) is 0 Å². The van der Waals surface area contributed by atoms with E-state index in [1.54, 1.807) is 0 Å². The van der Waals surface area contributed by atoms with E-state index in [0.717, 1.165) is 18.5 Å². The average Bonchev–Trinajstić information content (AvgIpc) is 2.28. The van der Waals surface area contributed by atoms with Gasteiger partial charge in [0.15, 0.2) is 0 Å². The zero-order chi connectivity index (χ0) is 12.8. The van der Waals surface area contributed by atoms with Crippen molar-refractivity contribution in [3.63, 3.8) is 0 Å². The summed E-state index contributed by atoms with van der Waals surface area (Å²) in [6.07, 6.45) is 0.303. The first-order valence-corrected chi connectivity index (χ1v) is 7.15. The molecule has 96 valence electrons. The van der Waals surface area contributed by atoms with Gasteiger partial charge in [-0.05, 0) is 32.4 Å². The Morgan fingerprint density at radius 1 is 1.35 bits per heavy atom. The van der Waals surface area contributed by atoms with Crippen LogP contribution in [0.3, 0.4) is 0 Å². The van der Waals surface area contributed by atoms with Gasteiger partial charge >= 0.3 is 0 Å². The molecule has 0 bridgehead atoms. The maximum Gasteiger partial charge on any atom is 0.0644 e. The topological polar surface area (TPSA) is 12.5 Å². The number of likely N-dealkylation sites (N-methyl/N-ethyl adjacent to an activating group) is 1. The molecule has 0 heterocycles. The van der Waals surface area contributed by atoms with Gasteiger partial charge < -0.3 is 9.64 Å². The number of halogens is 1. The van der Waals surface area contributed by atoms with Crippen molar-refractivity contribution in [3.8, 4) is 0 Å². The highest BCUT2D eigenvalue weighted by molar-refractivity contribution is 9.08. The van der Waals surface area contributed by atoms with Gasteiger partial charge in [0.25, 0.3) is 0 Å². The summed E-state index contributed by atoms with van der Waals surface area (Å²) in [5.74, 6) is 0. The highest BCUT2D eigenvalue weighted by Crippen LogP contribution is 2.23. The van der Waals surface area contributed by atoms with Crippen molar-refractivity contribution < 1.29 is 4.74 Å². The number of hydrogen-bond acceptors (Lipinski definition) is 2. The molecule has 0 saturated carbocycles. The Morgan fingerprint density at radius 2 is 2.06 bits per heavy atom. The second kappa shape index (κ2) is 7.02. The molecular formula is C14H22BrNO. The summed E-state index contributed by atoms with van der Waals surface area (Å²) in [6.45, 7) is 7.94. The number of nitrogens with zero attached hydrogens (tertiary/aromatic N) is 1. The third-order valence-corrected chi connectivity index (χ3v) is 3.27. The summed E-state index contributed by atoms with van der Waals surface area (Å²) in [4.78, 5) is 2.25. The van der Waals surface area contributed by atoms with E-state index in [4.69, 9.17) is 4.74 Å². The molecule has 3 heteroatoms. The van der Waals surface area contributed by atoms with Gasteiger partial charge in [-0.15, -0.1) is 0 Å². The van der Waals surface area contributed by atoms with Crippen molar-refractivity contribution in [1.82, 2.24) is 0 Å². The summed E-state index contributed by atoms with van der Waals surface area (Å²) in [5, 5.41) is 0.888. The van der Waals surface area contributed by atoms with Crippen LogP contribution >= 0.6 is 15.9 Å². The molecular weight excluding hydrogens is 278 g/mol. The summed E-state index contributed by atoms with van der Waals surface area (Å²) in [5.41, 5.74) is 3.91. The second-order valence-corrected chi connectivity index (χ2v) is 5.17. The van der Waals surface area contributed by atoms with Crippen LogP contribution in [0.4, 0.5) is 5.69 Å². The smallest absolute Gasteiger partial charge is 0.0644 e. The molecule has 0 spiro atoms. The Bertz CT molecular complexity index is 352. The number of anilines is 1. The molecule has 0 amide bonds. The molecule has 0 aliphatic carbocycles. The van der Waals surface area contributed by atoms with Gasteiger partial charge in [0.1, 0.15) is 0 Å². The van der Waals surface area contributed by atoms with E-state index < -0.39 is 0 Å². The minimum Gasteiger partial charge on any atom is -0.377 e. The van der Waals surface area contributed by atoms with Crippen molar-refractivity contribution in [2.24, 2.45) is 0 Å². The Labute approximate surface area is 113 Å². The van der Waals surface area contributed by atoms with E-state index in [0.29, 0.717) is 6.10 Å². The Balaban J connectivity index is 2.64. The molecule has 1 rings (SSSR count). The van der Waals surface area contributed by atoms with Crippen molar-refractivity contribution in [2.75, 3.05) is 25.1 Å². The number of benzene rings is 1. The molecule has 2 nitrogen and oxygen atoms in total. The molecule has 17 heavy (non-hydrogen) atoms. The van der Waals surface area contributed by atoms with Crippen LogP contribution in [0.2, 0.25) is 0 Å². The predicted molar refractivity (Wildman–Crippen MR) is 78.2 cm³/mol. The Hall–Kier alpha value is -0.540. The maximum absolute atomic E-state index is 5.58. The molecule has 0 radical (unpaired) electrons. The van der Waals surface area contributed by atoms with Crippen LogP contribution in [-0.4, -0.2) is 26.3 Å². The number of hydrogen-bond donors (Lipinski definition) is 0. The maximum atomic E-state index is 5.58. The number of ether oxygens (including phenoxy) is 1. The first kappa shape index (κ1) is 14.5. The van der Waals surface area contributed by atoms with E-state index in [1.807, 2.05) is 0 Å². The van der Waals surface area contributed by atoms with Crippen LogP contribution in [0.15, 0.2) is 18.2 Å². The molecule has 0 saturated heterocycles. The van der Waals surface area contributed by atoms with Crippen molar-refractivity contribution >= 4 is 21.6 Å². The minimum absolute atomic E-state index is 0.303. The van der Waals surface area contributed by atoms with Crippen LogP contribution in [0.5, 0.6) is 0 Å². The minimum atomic E-state index is 0.303. The second-order valence-electron chi connectivity index (χ2n) is 4.61. The van der Waals surface area contributed by atoms with E-state index in [9.17, 15) is 0 Å². The number of rotatable bonds is 6. The van der Waals surface area contributed by atoms with Crippen molar-refractivity contribution in [2.45, 2.75) is 32.2 Å². The summed E-state index contributed by atoms with van der Waals surface area (Å²) in [6, 6.07) is 6.56. The molecule has 1 aromatic rings. The van der Waals surface area contributed by atoms with Gasteiger partial charge in [0.2, 0.25) is 0 Å². The van der Waals surface area contributed by atoms with E-state index in [1.165, 1.54) is 16.8 Å². The fraction of sp³-hybridized carbons (Fsp3) is 0.571. The zero-order valence-electron chi connectivity index (χ0n) is 11.2. The largest absolute Gasteiger partial charge is 0.377 e. The van der Waals surface area contributed by atoms with E-state index >= 15 is 0 Å². The SMILES string of the molecule is Cc1ccc(N(C)CCOC(C)C)c(CBr)c1. The third kappa shape index (κ3) is 4.68. The van der Waals surface area contributed by atoms with Crippen LogP contribution in [0, 0.1) is 6.92 Å². The summed E-state index contributed by atoms with van der Waals surface area (Å²) < 4.78 is 5.58. The van der Waals surface area contributed by atoms with Gasteiger partial charge in [-0.2, -0.15) is 0 Å². The third-order valence-electron chi connectivity index (χ3n) is 2.67. The molecule has 0 aromatic heterocycles. The monoisotopic (exact) mass is 299 g/mol. The molecule has 0 aliphatic rings. The average molecular weight is 300 g/mol. The van der Waals surface area contributed by atoms with Gasteiger partial charge in [-0.3, -0.25) is 0 Å². The van der Waals surface area contributed by atoms with E-state index in [2.05, 4.69) is 66.8 Å². The fourth-order valence-electron chi connectivity index (χ4n) is 1.74. The number of alkyl halides is 1. The summed E-state index contributed by atoms with van der Waals surface area (Å²) >= 11 is 3.54. The van der Waals surface area contributed by atoms with Gasteiger partial charge in [-0.25, -0.2) is 0 Å². The lowest BCUT2D eigenvalue weighted by Gasteiger charge is -2.22. The zero-order valence-corrected chi connectivity index (χ0v) is 12.8. The van der Waals surface area contributed by atoms with Crippen LogP contribution in [-0.2, 0) is 10.1 Å². The predicted octanol–water partition coefficient (Wildman–Crippen LogP) is 3.75. The Morgan fingerprint density at radius 3 is 2.65 bits per heavy atom. The first-order chi connectivity index (χ1) is 8.04. The van der Waals surface area contributed by atoms with Crippen molar-refractivity contribution in [1.29, 1.82) is 0 Å². The van der Waals surface area contributed by atoms with Gasteiger partial charge in [-0.1, -0.05) is 33.6 Å². The molecule has 0 unspecified atom stereocenters. The lowest BCUT2D eigenvalue weighted by atomic mass is 10.1. The standard InChI is InChI=1S/C14H22BrNO/c1-11(2)17-8-7-16(4)14-6-5-12(3)9-13(14)10-15/h5-6,9,11H,7-8,10H2,1-4H3. The lowest BCUT2D eigenvalue weighted by molar-refractivity contribution is 0.0846. The fourth-order valence-corrected chi connectivity index (χ4v) is 2.19. The first-order valence-electron chi connectivity index (χ1n) is 6.02. The molecule has 0 atom stereocenters. The van der Waals surface area contributed by atoms with Gasteiger partial charge in [0, 0.05) is 24.6 Å².